The number of hydrogen-bond acceptors (Lipinski definition) is 2. The molecule has 104 valence electrons. The Morgan fingerprint density at radius 2 is 1.80 bits per heavy atom. The topological polar surface area (TPSA) is 28.3 Å². The molecule has 0 amide bonds. The molecule has 0 aliphatic heterocycles. The van der Waals surface area contributed by atoms with Crippen molar-refractivity contribution in [2.24, 2.45) is 5.10 Å². The van der Waals surface area contributed by atoms with E-state index in [0.29, 0.717) is 0 Å². The first-order valence-corrected chi connectivity index (χ1v) is 7.12. The molecule has 0 bridgehead atoms. The highest BCUT2D eigenvalue weighted by atomic mass is 35.5. The summed E-state index contributed by atoms with van der Waals surface area (Å²) >= 11 is 5.87. The van der Waals surface area contributed by atoms with E-state index in [9.17, 15) is 0 Å². The molecule has 0 unspecified atom stereocenters. The first kappa shape index (κ1) is 14.5. The zero-order valence-corrected chi connectivity index (χ0v) is 12.6. The Kier molecular flexibility index (Phi) is 5.13. The summed E-state index contributed by atoms with van der Waals surface area (Å²) in [6.45, 7) is 5.17. The summed E-state index contributed by atoms with van der Waals surface area (Å²) in [7, 11) is 0. The summed E-state index contributed by atoms with van der Waals surface area (Å²) in [5.41, 5.74) is 6.02. The lowest BCUT2D eigenvalue weighted by Crippen LogP contribution is -2.31. The third-order valence-corrected chi connectivity index (χ3v) is 3.24. The van der Waals surface area contributed by atoms with Crippen LogP contribution in [0.25, 0.3) is 0 Å². The van der Waals surface area contributed by atoms with Crippen molar-refractivity contribution in [2.45, 2.75) is 26.8 Å². The Bertz CT molecular complexity index is 574. The van der Waals surface area contributed by atoms with Crippen LogP contribution in [0, 0.1) is 0 Å². The second kappa shape index (κ2) is 7.06. The number of aryl methyl sites for hydroxylation is 1. The molecular formula is C16H19ClN3+. The molecule has 0 radical (unpaired) electrons. The zero-order valence-electron chi connectivity index (χ0n) is 11.8. The largest absolute Gasteiger partial charge is 0.278 e. The van der Waals surface area contributed by atoms with E-state index >= 15 is 0 Å². The molecule has 4 heteroatoms. The second-order valence-corrected chi connectivity index (χ2v) is 5.08. The Morgan fingerprint density at radius 1 is 1.15 bits per heavy atom. The van der Waals surface area contributed by atoms with Gasteiger partial charge in [0.15, 0.2) is 12.4 Å². The van der Waals surface area contributed by atoms with E-state index in [1.807, 2.05) is 43.3 Å². The van der Waals surface area contributed by atoms with E-state index in [-0.39, 0.29) is 0 Å². The van der Waals surface area contributed by atoms with Gasteiger partial charge < -0.3 is 0 Å². The van der Waals surface area contributed by atoms with Gasteiger partial charge in [-0.25, -0.2) is 4.57 Å². The van der Waals surface area contributed by atoms with Crippen LogP contribution in [0.3, 0.4) is 0 Å². The molecule has 3 nitrogen and oxygen atoms in total. The van der Waals surface area contributed by atoms with Gasteiger partial charge in [0, 0.05) is 23.6 Å². The van der Waals surface area contributed by atoms with Crippen molar-refractivity contribution in [1.82, 2.24) is 0 Å². The van der Waals surface area contributed by atoms with Crippen LogP contribution in [0.4, 0.5) is 5.69 Å². The third kappa shape index (κ3) is 4.07. The summed E-state index contributed by atoms with van der Waals surface area (Å²) in [6.07, 6.45) is 5.24. The van der Waals surface area contributed by atoms with E-state index in [4.69, 9.17) is 11.6 Å². The molecule has 0 saturated carbocycles. The summed E-state index contributed by atoms with van der Waals surface area (Å²) in [5.74, 6) is 0. The molecule has 0 aliphatic carbocycles. The normalized spacial score (nSPS) is 11.4. The van der Waals surface area contributed by atoms with E-state index in [1.165, 1.54) is 0 Å². The van der Waals surface area contributed by atoms with Gasteiger partial charge in [0.2, 0.25) is 0 Å². The fraction of sp³-hybridized carbons (Fsp3) is 0.250. The minimum absolute atomic E-state index is 0.734. The molecule has 0 atom stereocenters. The summed E-state index contributed by atoms with van der Waals surface area (Å²) in [4.78, 5) is 0. The predicted molar refractivity (Wildman–Crippen MR) is 84.2 cm³/mol. The minimum Gasteiger partial charge on any atom is -0.278 e. The van der Waals surface area contributed by atoms with Gasteiger partial charge in [0.25, 0.3) is 0 Å². The molecule has 2 aromatic rings. The quantitative estimate of drug-likeness (QED) is 0.505. The van der Waals surface area contributed by atoms with Crippen LogP contribution < -0.4 is 9.99 Å². The van der Waals surface area contributed by atoms with Gasteiger partial charge in [-0.05, 0) is 24.6 Å². The number of nitrogens with one attached hydrogen (secondary N) is 1. The number of hydrazone groups is 1. The van der Waals surface area contributed by atoms with Crippen molar-refractivity contribution >= 4 is 23.0 Å². The van der Waals surface area contributed by atoms with Crippen LogP contribution in [0.1, 0.15) is 25.8 Å². The molecule has 0 fully saturated rings. The fourth-order valence-corrected chi connectivity index (χ4v) is 1.97. The molecule has 1 aromatic carbocycles. The van der Waals surface area contributed by atoms with Gasteiger partial charge in [-0.1, -0.05) is 30.7 Å². The monoisotopic (exact) mass is 288 g/mol. The van der Waals surface area contributed by atoms with Crippen LogP contribution in [0.15, 0.2) is 53.9 Å². The van der Waals surface area contributed by atoms with Crippen molar-refractivity contribution in [2.75, 3.05) is 5.43 Å². The fourth-order valence-electron chi connectivity index (χ4n) is 1.84. The van der Waals surface area contributed by atoms with Gasteiger partial charge in [-0.3, -0.25) is 5.43 Å². The first-order chi connectivity index (χ1) is 9.69. The third-order valence-electron chi connectivity index (χ3n) is 2.99. The van der Waals surface area contributed by atoms with E-state index in [0.717, 1.165) is 35.0 Å². The van der Waals surface area contributed by atoms with Gasteiger partial charge in [-0.2, -0.15) is 5.10 Å². The van der Waals surface area contributed by atoms with Crippen LogP contribution in [0.5, 0.6) is 0 Å². The lowest BCUT2D eigenvalue weighted by Gasteiger charge is -2.03. The van der Waals surface area contributed by atoms with Crippen molar-refractivity contribution < 1.29 is 4.57 Å². The number of benzene rings is 1. The highest BCUT2D eigenvalue weighted by Gasteiger charge is 2.00. The molecular weight excluding hydrogens is 270 g/mol. The van der Waals surface area contributed by atoms with E-state index in [2.05, 4.69) is 34.4 Å². The Labute approximate surface area is 124 Å². The average molecular weight is 289 g/mol. The number of anilines is 1. The van der Waals surface area contributed by atoms with Crippen molar-refractivity contribution in [3.63, 3.8) is 0 Å². The lowest BCUT2D eigenvalue weighted by molar-refractivity contribution is -0.696. The maximum absolute atomic E-state index is 5.87. The van der Waals surface area contributed by atoms with Gasteiger partial charge >= 0.3 is 0 Å². The average Bonchev–Trinajstić information content (AvgIpc) is 2.47. The van der Waals surface area contributed by atoms with Gasteiger partial charge in [0.1, 0.15) is 6.54 Å². The highest BCUT2D eigenvalue weighted by Crippen LogP contribution is 2.11. The van der Waals surface area contributed by atoms with Crippen LogP contribution in [-0.2, 0) is 6.54 Å². The standard InChI is InChI=1S/C16H18ClN3/c1-3-10-20-11-8-16(9-12-20)19-18-13(2)14-4-6-15(17)7-5-14/h4-9,11-12H,3,10H2,1-2H3/p+1/b18-13+. The van der Waals surface area contributed by atoms with Crippen LogP contribution >= 0.6 is 11.6 Å². The van der Waals surface area contributed by atoms with Gasteiger partial charge in [-0.15, -0.1) is 0 Å². The maximum Gasteiger partial charge on any atom is 0.170 e. The summed E-state index contributed by atoms with van der Waals surface area (Å²) in [5, 5.41) is 5.12. The minimum atomic E-state index is 0.734. The number of rotatable bonds is 5. The maximum atomic E-state index is 5.87. The molecule has 1 N–H and O–H groups in total. The molecule has 20 heavy (non-hydrogen) atoms. The van der Waals surface area contributed by atoms with E-state index < -0.39 is 0 Å². The first-order valence-electron chi connectivity index (χ1n) is 6.74. The molecule has 0 aliphatic rings. The highest BCUT2D eigenvalue weighted by molar-refractivity contribution is 6.30. The molecule has 1 heterocycles. The predicted octanol–water partition coefficient (Wildman–Crippen LogP) is 3.87. The Morgan fingerprint density at radius 3 is 2.40 bits per heavy atom. The molecule has 0 saturated heterocycles. The zero-order chi connectivity index (χ0) is 14.4. The van der Waals surface area contributed by atoms with Crippen molar-refractivity contribution in [1.29, 1.82) is 0 Å². The molecule has 1 aromatic heterocycles. The lowest BCUT2D eigenvalue weighted by atomic mass is 10.1. The Balaban J connectivity index is 2.02. The number of aromatic nitrogens is 1. The smallest absolute Gasteiger partial charge is 0.170 e. The summed E-state index contributed by atoms with van der Waals surface area (Å²) in [6, 6.07) is 11.7. The van der Waals surface area contributed by atoms with Crippen LogP contribution in [-0.4, -0.2) is 5.71 Å². The number of pyridine rings is 1. The van der Waals surface area contributed by atoms with Crippen molar-refractivity contribution in [3.05, 3.63) is 59.4 Å². The molecule has 2 rings (SSSR count). The number of nitrogens with zero attached hydrogens (tertiary/aromatic N) is 2. The van der Waals surface area contributed by atoms with Crippen LogP contribution in [0.2, 0.25) is 5.02 Å². The SMILES string of the molecule is CCC[n+]1ccc(N/N=C(\C)c2ccc(Cl)cc2)cc1. The van der Waals surface area contributed by atoms with Crippen molar-refractivity contribution in [3.8, 4) is 0 Å². The van der Waals surface area contributed by atoms with E-state index in [1.54, 1.807) is 0 Å². The second-order valence-electron chi connectivity index (χ2n) is 4.64. The van der Waals surface area contributed by atoms with Gasteiger partial charge in [0.05, 0.1) is 11.4 Å². The molecule has 0 spiro atoms. The number of halogens is 1. The summed E-state index contributed by atoms with van der Waals surface area (Å²) < 4.78 is 2.15. The Hall–Kier alpha value is -1.87. The number of hydrogen-bond donors (Lipinski definition) is 1.